The molecule has 1 fully saturated rings. The topological polar surface area (TPSA) is 46.5 Å². The zero-order valence-corrected chi connectivity index (χ0v) is 9.79. The van der Waals surface area contributed by atoms with Gasteiger partial charge in [-0.15, -0.1) is 0 Å². The van der Waals surface area contributed by atoms with Crippen molar-refractivity contribution in [2.45, 2.75) is 57.5 Å². The van der Waals surface area contributed by atoms with Crippen molar-refractivity contribution >= 4 is 5.97 Å². The van der Waals surface area contributed by atoms with Crippen molar-refractivity contribution in [1.29, 1.82) is 0 Å². The molecule has 0 aromatic rings. The van der Waals surface area contributed by atoms with E-state index in [0.717, 1.165) is 19.3 Å². The van der Waals surface area contributed by atoms with E-state index in [1.807, 2.05) is 0 Å². The Hall–Kier alpha value is -0.570. The number of hydrogen-bond acceptors (Lipinski definition) is 3. The summed E-state index contributed by atoms with van der Waals surface area (Å²) < 4.78 is 4.65. The number of aliphatic hydroxyl groups is 1. The number of methoxy groups -OCH3 is 1. The Morgan fingerprint density at radius 3 is 2.80 bits per heavy atom. The second-order valence-electron chi connectivity index (χ2n) is 4.61. The molecule has 3 nitrogen and oxygen atoms in total. The predicted molar refractivity (Wildman–Crippen MR) is 58.4 cm³/mol. The lowest BCUT2D eigenvalue weighted by molar-refractivity contribution is -0.163. The molecule has 0 radical (unpaired) electrons. The predicted octanol–water partition coefficient (Wildman–Crippen LogP) is 2.27. The van der Waals surface area contributed by atoms with Gasteiger partial charge in [0.15, 0.2) is 5.60 Å². The maximum atomic E-state index is 11.4. The van der Waals surface area contributed by atoms with Gasteiger partial charge in [0, 0.05) is 0 Å². The summed E-state index contributed by atoms with van der Waals surface area (Å²) in [6.07, 6.45) is 6.51. The van der Waals surface area contributed by atoms with Gasteiger partial charge in [-0.25, -0.2) is 4.79 Å². The summed E-state index contributed by atoms with van der Waals surface area (Å²) in [7, 11) is 1.34. The van der Waals surface area contributed by atoms with Crippen LogP contribution in [0, 0.1) is 5.92 Å². The first-order valence-electron chi connectivity index (χ1n) is 5.93. The molecule has 0 saturated heterocycles. The van der Waals surface area contributed by atoms with E-state index in [4.69, 9.17) is 0 Å². The van der Waals surface area contributed by atoms with E-state index < -0.39 is 11.6 Å². The Morgan fingerprint density at radius 2 is 2.20 bits per heavy atom. The first kappa shape index (κ1) is 12.5. The third-order valence-corrected chi connectivity index (χ3v) is 3.43. The highest BCUT2D eigenvalue weighted by Gasteiger charge is 2.38. The minimum Gasteiger partial charge on any atom is -0.467 e. The summed E-state index contributed by atoms with van der Waals surface area (Å²) in [5, 5.41) is 10.1. The smallest absolute Gasteiger partial charge is 0.337 e. The molecule has 1 aliphatic rings. The van der Waals surface area contributed by atoms with Gasteiger partial charge in [0.25, 0.3) is 0 Å². The molecular formula is C12H22O3. The lowest BCUT2D eigenvalue weighted by Gasteiger charge is -2.23. The quantitative estimate of drug-likeness (QED) is 0.579. The van der Waals surface area contributed by atoms with Crippen LogP contribution >= 0.6 is 0 Å². The van der Waals surface area contributed by atoms with Crippen molar-refractivity contribution in [2.24, 2.45) is 5.92 Å². The average Bonchev–Trinajstić information content (AvgIpc) is 2.42. The van der Waals surface area contributed by atoms with E-state index in [2.05, 4.69) is 11.7 Å². The van der Waals surface area contributed by atoms with Crippen LogP contribution in [0.1, 0.15) is 51.9 Å². The average molecular weight is 214 g/mol. The molecular weight excluding hydrogens is 192 g/mol. The van der Waals surface area contributed by atoms with Gasteiger partial charge in [-0.2, -0.15) is 0 Å². The Morgan fingerprint density at radius 1 is 1.47 bits per heavy atom. The van der Waals surface area contributed by atoms with Crippen molar-refractivity contribution in [2.75, 3.05) is 7.11 Å². The molecule has 0 heterocycles. The van der Waals surface area contributed by atoms with Gasteiger partial charge in [-0.1, -0.05) is 26.2 Å². The van der Waals surface area contributed by atoms with Crippen LogP contribution < -0.4 is 0 Å². The molecule has 0 spiro atoms. The Kier molecular flexibility index (Phi) is 4.58. The molecule has 0 bridgehead atoms. The minimum absolute atomic E-state index is 0.459. The van der Waals surface area contributed by atoms with Crippen molar-refractivity contribution in [3.05, 3.63) is 0 Å². The van der Waals surface area contributed by atoms with Gasteiger partial charge in [0.05, 0.1) is 7.11 Å². The molecule has 2 unspecified atom stereocenters. The van der Waals surface area contributed by atoms with Crippen LogP contribution in [-0.2, 0) is 9.53 Å². The van der Waals surface area contributed by atoms with E-state index in [1.54, 1.807) is 0 Å². The highest BCUT2D eigenvalue weighted by Crippen LogP contribution is 2.33. The molecule has 0 aromatic heterocycles. The summed E-state index contributed by atoms with van der Waals surface area (Å²) in [4.78, 5) is 11.4. The Labute approximate surface area is 91.8 Å². The number of ether oxygens (including phenoxy) is 1. The Balaban J connectivity index is 2.54. The third-order valence-electron chi connectivity index (χ3n) is 3.43. The molecule has 1 rings (SSSR count). The third kappa shape index (κ3) is 3.20. The Bertz CT molecular complexity index is 215. The number of rotatable bonds is 3. The second-order valence-corrected chi connectivity index (χ2v) is 4.61. The highest BCUT2D eigenvalue weighted by atomic mass is 16.5. The van der Waals surface area contributed by atoms with Crippen LogP contribution in [0.4, 0.5) is 0 Å². The van der Waals surface area contributed by atoms with Crippen molar-refractivity contribution < 1.29 is 14.6 Å². The second kappa shape index (κ2) is 5.50. The first-order chi connectivity index (χ1) is 7.12. The van der Waals surface area contributed by atoms with Crippen LogP contribution in [0.5, 0.6) is 0 Å². The monoisotopic (exact) mass is 214 g/mol. The van der Waals surface area contributed by atoms with Crippen molar-refractivity contribution in [3.8, 4) is 0 Å². The molecule has 2 atom stereocenters. The summed E-state index contributed by atoms with van der Waals surface area (Å²) in [6.45, 7) is 2.18. The van der Waals surface area contributed by atoms with E-state index >= 15 is 0 Å². The standard InChI is InChI=1S/C12H22O3/c1-3-5-10-6-4-8-12(14,9-7-10)11(13)15-2/h10,14H,3-9H2,1-2H3. The largest absolute Gasteiger partial charge is 0.467 e. The fourth-order valence-corrected chi connectivity index (χ4v) is 2.49. The fourth-order valence-electron chi connectivity index (χ4n) is 2.49. The molecule has 1 saturated carbocycles. The molecule has 0 aromatic carbocycles. The maximum Gasteiger partial charge on any atom is 0.337 e. The first-order valence-corrected chi connectivity index (χ1v) is 5.93. The van der Waals surface area contributed by atoms with Gasteiger partial charge < -0.3 is 9.84 Å². The highest BCUT2D eigenvalue weighted by molar-refractivity contribution is 5.79. The summed E-state index contributed by atoms with van der Waals surface area (Å²) in [5.74, 6) is 0.216. The van der Waals surface area contributed by atoms with Crippen LogP contribution in [0.15, 0.2) is 0 Å². The summed E-state index contributed by atoms with van der Waals surface area (Å²) >= 11 is 0. The molecule has 0 aliphatic heterocycles. The van der Waals surface area contributed by atoms with Crippen molar-refractivity contribution in [1.82, 2.24) is 0 Å². The van der Waals surface area contributed by atoms with Gasteiger partial charge in [-0.05, 0) is 31.6 Å². The van der Waals surface area contributed by atoms with Crippen LogP contribution in [-0.4, -0.2) is 23.8 Å². The van der Waals surface area contributed by atoms with Crippen LogP contribution in [0.3, 0.4) is 0 Å². The fraction of sp³-hybridized carbons (Fsp3) is 0.917. The SMILES string of the molecule is CCCC1CCCC(O)(C(=O)OC)CC1. The molecule has 0 amide bonds. The molecule has 15 heavy (non-hydrogen) atoms. The zero-order chi connectivity index (χ0) is 11.3. The lowest BCUT2D eigenvalue weighted by Crippen LogP contribution is -2.39. The maximum absolute atomic E-state index is 11.4. The van der Waals surface area contributed by atoms with E-state index in [1.165, 1.54) is 20.0 Å². The normalized spacial score (nSPS) is 32.1. The number of esters is 1. The summed E-state index contributed by atoms with van der Waals surface area (Å²) in [5.41, 5.74) is -1.21. The zero-order valence-electron chi connectivity index (χ0n) is 9.79. The van der Waals surface area contributed by atoms with Gasteiger partial charge in [-0.3, -0.25) is 0 Å². The van der Waals surface area contributed by atoms with Crippen molar-refractivity contribution in [3.63, 3.8) is 0 Å². The van der Waals surface area contributed by atoms with Gasteiger partial charge >= 0.3 is 5.97 Å². The molecule has 88 valence electrons. The van der Waals surface area contributed by atoms with Crippen LogP contribution in [0.25, 0.3) is 0 Å². The minimum atomic E-state index is -1.21. The van der Waals surface area contributed by atoms with E-state index in [9.17, 15) is 9.90 Å². The van der Waals surface area contributed by atoms with Gasteiger partial charge in [0.2, 0.25) is 0 Å². The van der Waals surface area contributed by atoms with E-state index in [-0.39, 0.29) is 0 Å². The van der Waals surface area contributed by atoms with Gasteiger partial charge in [0.1, 0.15) is 0 Å². The number of carbonyl (C=O) groups excluding carboxylic acids is 1. The molecule has 1 N–H and O–H groups in total. The van der Waals surface area contributed by atoms with E-state index in [0.29, 0.717) is 18.8 Å². The summed E-state index contributed by atoms with van der Waals surface area (Å²) in [6, 6.07) is 0. The molecule has 1 aliphatic carbocycles. The molecule has 3 heteroatoms. The van der Waals surface area contributed by atoms with Crippen LogP contribution in [0.2, 0.25) is 0 Å². The number of carbonyl (C=O) groups is 1. The number of hydrogen-bond donors (Lipinski definition) is 1. The lowest BCUT2D eigenvalue weighted by atomic mass is 9.92.